The van der Waals surface area contributed by atoms with Crippen molar-refractivity contribution in [3.8, 4) is 0 Å². The first kappa shape index (κ1) is 35.8. The van der Waals surface area contributed by atoms with Crippen LogP contribution in [0.1, 0.15) is 114 Å². The molecule has 3 aliphatic rings. The Hall–Kier alpha value is -5.05. The number of methoxy groups -OCH3 is 1. The first-order valence-corrected chi connectivity index (χ1v) is 18.1. The van der Waals surface area contributed by atoms with E-state index in [0.29, 0.717) is 23.3 Å². The number of nitrogens with one attached hydrogen (secondary N) is 4. The Balaban J connectivity index is 1.56. The summed E-state index contributed by atoms with van der Waals surface area (Å²) in [5.41, 5.74) is 12.4. The van der Waals surface area contributed by atoms with Crippen molar-refractivity contribution in [3.05, 3.63) is 96.5 Å². The molecule has 3 atom stereocenters. The van der Waals surface area contributed by atoms with Gasteiger partial charge in [-0.2, -0.15) is 0 Å². The largest absolute Gasteiger partial charge is 0.468 e. The first-order chi connectivity index (χ1) is 24.4. The van der Waals surface area contributed by atoms with E-state index in [1.165, 1.54) is 18.2 Å². The molecule has 3 aromatic rings. The van der Waals surface area contributed by atoms with Crippen LogP contribution >= 0.6 is 0 Å². The Labute approximate surface area is 299 Å². The number of esters is 2. The van der Waals surface area contributed by atoms with Gasteiger partial charge in [-0.05, 0) is 93.5 Å². The number of allylic oxidation sites excluding steroid dienone is 3. The molecule has 9 nitrogen and oxygen atoms in total. The topological polar surface area (TPSA) is 129 Å². The van der Waals surface area contributed by atoms with Gasteiger partial charge in [0.1, 0.15) is 12.5 Å². The molecule has 5 heterocycles. The molecule has 1 aliphatic carbocycles. The van der Waals surface area contributed by atoms with Crippen LogP contribution in [0.3, 0.4) is 0 Å². The zero-order valence-corrected chi connectivity index (χ0v) is 31.1. The van der Waals surface area contributed by atoms with E-state index in [-0.39, 0.29) is 36.6 Å². The molecule has 3 aromatic heterocycles. The second-order valence-corrected chi connectivity index (χ2v) is 14.1. The maximum atomic E-state index is 14.2. The Bertz CT molecular complexity index is 2160. The summed E-state index contributed by atoms with van der Waals surface area (Å²) >= 11 is 0. The van der Waals surface area contributed by atoms with Crippen molar-refractivity contribution in [1.82, 2.24) is 20.3 Å². The highest BCUT2D eigenvalue weighted by atomic mass is 16.5. The molecule has 1 fully saturated rings. The van der Waals surface area contributed by atoms with Gasteiger partial charge in [0.25, 0.3) is 0 Å². The number of ketones is 1. The lowest BCUT2D eigenvalue weighted by Gasteiger charge is -2.19. The minimum atomic E-state index is -1.13. The molecule has 0 spiro atoms. The molecule has 0 aromatic carbocycles. The second kappa shape index (κ2) is 14.3. The summed E-state index contributed by atoms with van der Waals surface area (Å²) in [4.78, 5) is 51.6. The highest BCUT2D eigenvalue weighted by Crippen LogP contribution is 2.48. The van der Waals surface area contributed by atoms with Gasteiger partial charge in [0, 0.05) is 74.1 Å². The lowest BCUT2D eigenvalue weighted by atomic mass is 9.85. The molecular weight excluding hydrogens is 640 g/mol. The van der Waals surface area contributed by atoms with Gasteiger partial charge >= 0.3 is 11.9 Å². The number of rotatable bonds is 10. The van der Waals surface area contributed by atoms with Crippen LogP contribution < -0.4 is 16.0 Å². The number of carbonyl (C=O) groups is 3. The molecule has 0 amide bonds. The average Bonchev–Trinajstić information content (AvgIpc) is 3.84. The molecule has 1 saturated heterocycles. The minimum absolute atomic E-state index is 0.0792. The Morgan fingerprint density at radius 2 is 1.67 bits per heavy atom. The predicted octanol–water partition coefficient (Wildman–Crippen LogP) is 6.44. The quantitative estimate of drug-likeness (QED) is 0.110. The van der Waals surface area contributed by atoms with Gasteiger partial charge in [-0.25, -0.2) is 0 Å². The fourth-order valence-corrected chi connectivity index (χ4v) is 8.12. The minimum Gasteiger partial charge on any atom is -0.468 e. The van der Waals surface area contributed by atoms with Crippen LogP contribution in [0.2, 0.25) is 0 Å². The Morgan fingerprint density at radius 1 is 0.941 bits per heavy atom. The number of ether oxygens (including phenoxy) is 2. The molecule has 0 radical (unpaired) electrons. The zero-order chi connectivity index (χ0) is 36.7. The Kier molecular flexibility index (Phi) is 10.0. The van der Waals surface area contributed by atoms with E-state index in [2.05, 4.69) is 79.7 Å². The summed E-state index contributed by atoms with van der Waals surface area (Å²) in [5.74, 6) is -2.62. The lowest BCUT2D eigenvalue weighted by Crippen LogP contribution is -2.25. The van der Waals surface area contributed by atoms with Crippen molar-refractivity contribution in [2.45, 2.75) is 80.6 Å². The van der Waals surface area contributed by atoms with Gasteiger partial charge in [-0.1, -0.05) is 45.4 Å². The third kappa shape index (κ3) is 6.28. The lowest BCUT2D eigenvalue weighted by molar-refractivity contribution is -0.143. The second-order valence-electron chi connectivity index (χ2n) is 14.1. The number of carbonyl (C=O) groups excluding carboxylic acids is 3. The number of H-pyrrole nitrogens is 3. The molecular formula is C42H50N4O5. The van der Waals surface area contributed by atoms with Crippen LogP contribution in [0.25, 0.3) is 29.9 Å². The SMILES string of the molecule is C=Cc1c2[nH]c(c1C)/C=C1\N/C(=C3\c4[nH]c(c(C)c4C(=O)[C@@H]3C(=O)OC)/C=c3\[nH]/c(c(C)c3CC)=C\2)[C@@H](CCC(=O)OC/C=C(\C)CCC)[C@@H]1C. The number of Topliss-reactive ketones (excluding diaryl/α,β-unsaturated/α-hetero) is 1. The van der Waals surface area contributed by atoms with Crippen molar-refractivity contribution in [3.63, 3.8) is 0 Å². The van der Waals surface area contributed by atoms with E-state index in [1.54, 1.807) is 0 Å². The fourth-order valence-electron chi connectivity index (χ4n) is 8.12. The number of fused-ring (bicyclic) bond motifs is 7. The van der Waals surface area contributed by atoms with Crippen molar-refractivity contribution < 1.29 is 23.9 Å². The normalized spacial score (nSPS) is 23.1. The van der Waals surface area contributed by atoms with Crippen molar-refractivity contribution in [2.75, 3.05) is 13.7 Å². The van der Waals surface area contributed by atoms with E-state index in [0.717, 1.165) is 80.7 Å². The van der Waals surface area contributed by atoms with Gasteiger partial charge in [0.05, 0.1) is 12.8 Å². The van der Waals surface area contributed by atoms with Crippen LogP contribution in [0, 0.1) is 38.5 Å². The number of hydrogen-bond acceptors (Lipinski definition) is 6. The van der Waals surface area contributed by atoms with Crippen LogP contribution in [-0.4, -0.2) is 46.4 Å². The summed E-state index contributed by atoms with van der Waals surface area (Å²) in [6.45, 7) is 18.9. The number of aromatic amines is 3. The summed E-state index contributed by atoms with van der Waals surface area (Å²) in [6, 6.07) is 0. The standard InChI is InChI=1S/C42H50N4O5/c1-10-13-21(4)16-17-51-35(47)15-14-28-24(7)31-18-29-22(5)26(11-2)33(43-29)19-30-23(6)27(12-3)34(44-30)20-32-25(8)36-40(46-32)37(39(28)45-31)38(41(36)48)42(49)50-9/h11,16,18-20,24,28,38,43-46H,2,10,12-15,17H2,1,3-9H3/b21-16+,30-19-,31-18-,34-20-,39-37-/t24-,28-,38+/m0/s1. The summed E-state index contributed by atoms with van der Waals surface area (Å²) in [7, 11) is 1.31. The van der Waals surface area contributed by atoms with E-state index in [4.69, 9.17) is 9.47 Å². The third-order valence-electron chi connectivity index (χ3n) is 11.1. The molecule has 2 aliphatic heterocycles. The van der Waals surface area contributed by atoms with Crippen LogP contribution in [-0.2, 0) is 25.5 Å². The smallest absolute Gasteiger partial charge is 0.321 e. The van der Waals surface area contributed by atoms with Crippen LogP contribution in [0.4, 0.5) is 0 Å². The highest BCUT2D eigenvalue weighted by Gasteiger charge is 2.48. The maximum absolute atomic E-state index is 14.2. The highest BCUT2D eigenvalue weighted by molar-refractivity contribution is 6.24. The average molecular weight is 691 g/mol. The van der Waals surface area contributed by atoms with Crippen LogP contribution in [0.5, 0.6) is 0 Å². The summed E-state index contributed by atoms with van der Waals surface area (Å²) in [6.07, 6.45) is 13.6. The molecule has 8 bridgehead atoms. The monoisotopic (exact) mass is 690 g/mol. The number of hydrogen-bond donors (Lipinski definition) is 4. The molecule has 0 unspecified atom stereocenters. The summed E-state index contributed by atoms with van der Waals surface area (Å²) in [5, 5.41) is 5.62. The van der Waals surface area contributed by atoms with Crippen molar-refractivity contribution >= 4 is 47.6 Å². The molecule has 0 saturated carbocycles. The van der Waals surface area contributed by atoms with Crippen LogP contribution in [0.15, 0.2) is 29.6 Å². The van der Waals surface area contributed by atoms with Gasteiger partial charge < -0.3 is 29.7 Å². The Morgan fingerprint density at radius 3 is 2.35 bits per heavy atom. The molecule has 4 N–H and O–H groups in total. The van der Waals surface area contributed by atoms with Gasteiger partial charge in [-0.15, -0.1) is 0 Å². The van der Waals surface area contributed by atoms with Gasteiger partial charge in [-0.3, -0.25) is 14.4 Å². The van der Waals surface area contributed by atoms with E-state index >= 15 is 0 Å². The maximum Gasteiger partial charge on any atom is 0.321 e. The van der Waals surface area contributed by atoms with E-state index in [1.807, 2.05) is 26.0 Å². The van der Waals surface area contributed by atoms with E-state index < -0.39 is 11.9 Å². The van der Waals surface area contributed by atoms with E-state index in [9.17, 15) is 14.4 Å². The molecule has 6 rings (SSSR count). The van der Waals surface area contributed by atoms with Crippen molar-refractivity contribution in [2.24, 2.45) is 17.8 Å². The fraction of sp³-hybridized carbons (Fsp3) is 0.405. The first-order valence-electron chi connectivity index (χ1n) is 18.1. The van der Waals surface area contributed by atoms with Gasteiger partial charge in [0.15, 0.2) is 5.78 Å². The number of aromatic nitrogens is 3. The van der Waals surface area contributed by atoms with Gasteiger partial charge in [0.2, 0.25) is 0 Å². The predicted molar refractivity (Wildman–Crippen MR) is 202 cm³/mol. The van der Waals surface area contributed by atoms with Crippen molar-refractivity contribution in [1.29, 1.82) is 0 Å². The summed E-state index contributed by atoms with van der Waals surface area (Å²) < 4.78 is 10.9. The third-order valence-corrected chi connectivity index (χ3v) is 11.1. The molecule has 268 valence electrons. The zero-order valence-electron chi connectivity index (χ0n) is 31.1. The molecule has 9 heteroatoms. The molecule has 51 heavy (non-hydrogen) atoms.